The van der Waals surface area contributed by atoms with Crippen molar-refractivity contribution in [3.8, 4) is 0 Å². The van der Waals surface area contributed by atoms with Crippen molar-refractivity contribution in [3.63, 3.8) is 0 Å². The van der Waals surface area contributed by atoms with Crippen molar-refractivity contribution in [1.82, 2.24) is 15.3 Å². The van der Waals surface area contributed by atoms with Crippen molar-refractivity contribution < 1.29 is 4.79 Å². The highest BCUT2D eigenvalue weighted by Gasteiger charge is 2.15. The van der Waals surface area contributed by atoms with Gasteiger partial charge in [-0.05, 0) is 44.5 Å². The van der Waals surface area contributed by atoms with Gasteiger partial charge in [-0.1, -0.05) is 42.5 Å². The molecular formula is C21H22N4O. The van der Waals surface area contributed by atoms with Gasteiger partial charge in [0.1, 0.15) is 0 Å². The van der Waals surface area contributed by atoms with E-state index in [9.17, 15) is 4.79 Å². The Balaban J connectivity index is 1.81. The van der Waals surface area contributed by atoms with Crippen molar-refractivity contribution in [2.75, 3.05) is 5.32 Å². The summed E-state index contributed by atoms with van der Waals surface area (Å²) >= 11 is 0. The van der Waals surface area contributed by atoms with Crippen LogP contribution in [0.25, 0.3) is 0 Å². The van der Waals surface area contributed by atoms with E-state index in [1.165, 1.54) is 0 Å². The number of nitrogens with one attached hydrogen (secondary N) is 2. The summed E-state index contributed by atoms with van der Waals surface area (Å²) in [5.74, 6) is 0.340. The zero-order chi connectivity index (χ0) is 18.5. The minimum atomic E-state index is -0.145. The average molecular weight is 346 g/mol. The van der Waals surface area contributed by atoms with Gasteiger partial charge in [-0.3, -0.25) is 4.79 Å². The van der Waals surface area contributed by atoms with Crippen LogP contribution in [0.1, 0.15) is 40.3 Å². The summed E-state index contributed by atoms with van der Waals surface area (Å²) in [4.78, 5) is 21.6. The van der Waals surface area contributed by atoms with Crippen LogP contribution in [0.3, 0.4) is 0 Å². The first kappa shape index (κ1) is 17.6. The number of para-hydroxylation sites is 1. The third-order valence-corrected chi connectivity index (χ3v) is 4.05. The minimum Gasteiger partial charge on any atom is -0.345 e. The van der Waals surface area contributed by atoms with E-state index in [0.29, 0.717) is 17.2 Å². The number of carbonyl (C=O) groups is 1. The van der Waals surface area contributed by atoms with Crippen LogP contribution in [0.4, 0.5) is 11.6 Å². The minimum absolute atomic E-state index is 0.0887. The summed E-state index contributed by atoms with van der Waals surface area (Å²) in [6.07, 6.45) is 0. The summed E-state index contributed by atoms with van der Waals surface area (Å²) in [5.41, 5.74) is 4.04. The molecule has 0 spiro atoms. The SMILES string of the molecule is Cc1cc(C)nc(Nc2ccccc2C(=O)NC(C)c2ccccc2)n1. The molecule has 5 heteroatoms. The van der Waals surface area contributed by atoms with E-state index in [4.69, 9.17) is 0 Å². The molecule has 3 rings (SSSR count). The van der Waals surface area contributed by atoms with E-state index in [2.05, 4.69) is 20.6 Å². The van der Waals surface area contributed by atoms with Gasteiger partial charge in [-0.2, -0.15) is 0 Å². The summed E-state index contributed by atoms with van der Waals surface area (Å²) in [5, 5.41) is 6.21. The number of hydrogen-bond acceptors (Lipinski definition) is 4. The van der Waals surface area contributed by atoms with E-state index in [1.54, 1.807) is 6.07 Å². The molecule has 1 unspecified atom stereocenters. The monoisotopic (exact) mass is 346 g/mol. The standard InChI is InChI=1S/C21H22N4O/c1-14-13-15(2)23-21(22-14)25-19-12-8-7-11-18(19)20(26)24-16(3)17-9-5-4-6-10-17/h4-13,16H,1-3H3,(H,24,26)(H,22,23,25). The molecule has 0 aliphatic heterocycles. The van der Waals surface area contributed by atoms with Crippen LogP contribution in [0, 0.1) is 13.8 Å². The molecule has 0 radical (unpaired) electrons. The van der Waals surface area contributed by atoms with E-state index in [0.717, 1.165) is 17.0 Å². The third kappa shape index (κ3) is 4.25. The highest BCUT2D eigenvalue weighted by Crippen LogP contribution is 2.20. The predicted octanol–water partition coefficient (Wildman–Crippen LogP) is 4.33. The number of aromatic nitrogens is 2. The Morgan fingerprint density at radius 3 is 2.23 bits per heavy atom. The molecule has 5 nitrogen and oxygen atoms in total. The largest absolute Gasteiger partial charge is 0.345 e. The van der Waals surface area contributed by atoms with Gasteiger partial charge in [0, 0.05) is 11.4 Å². The maximum Gasteiger partial charge on any atom is 0.253 e. The van der Waals surface area contributed by atoms with Gasteiger partial charge in [0.05, 0.1) is 17.3 Å². The lowest BCUT2D eigenvalue weighted by molar-refractivity contribution is 0.0940. The topological polar surface area (TPSA) is 66.9 Å². The van der Waals surface area contributed by atoms with Gasteiger partial charge >= 0.3 is 0 Å². The smallest absolute Gasteiger partial charge is 0.253 e. The first-order valence-corrected chi connectivity index (χ1v) is 8.57. The number of amides is 1. The second kappa shape index (κ2) is 7.78. The summed E-state index contributed by atoms with van der Waals surface area (Å²) in [6, 6.07) is 19.1. The molecule has 0 saturated carbocycles. The van der Waals surface area contributed by atoms with Gasteiger partial charge in [0.15, 0.2) is 0 Å². The molecule has 26 heavy (non-hydrogen) atoms. The summed E-state index contributed by atoms with van der Waals surface area (Å²) in [6.45, 7) is 5.80. The van der Waals surface area contributed by atoms with Crippen LogP contribution in [0.15, 0.2) is 60.7 Å². The molecule has 2 aromatic carbocycles. The van der Waals surface area contributed by atoms with Gasteiger partial charge in [-0.25, -0.2) is 9.97 Å². The molecule has 1 atom stereocenters. The van der Waals surface area contributed by atoms with E-state index in [-0.39, 0.29) is 11.9 Å². The van der Waals surface area contributed by atoms with Crippen molar-refractivity contribution in [1.29, 1.82) is 0 Å². The Labute approximate surface area is 153 Å². The summed E-state index contributed by atoms with van der Waals surface area (Å²) in [7, 11) is 0. The molecule has 0 aliphatic carbocycles. The Hall–Kier alpha value is -3.21. The van der Waals surface area contributed by atoms with Gasteiger partial charge in [0.2, 0.25) is 5.95 Å². The fourth-order valence-electron chi connectivity index (χ4n) is 2.79. The van der Waals surface area contributed by atoms with E-state index < -0.39 is 0 Å². The van der Waals surface area contributed by atoms with Crippen LogP contribution >= 0.6 is 0 Å². The van der Waals surface area contributed by atoms with Gasteiger partial charge < -0.3 is 10.6 Å². The molecule has 2 N–H and O–H groups in total. The molecule has 0 saturated heterocycles. The lowest BCUT2D eigenvalue weighted by atomic mass is 10.1. The highest BCUT2D eigenvalue weighted by atomic mass is 16.1. The number of nitrogens with zero attached hydrogens (tertiary/aromatic N) is 2. The van der Waals surface area contributed by atoms with Crippen molar-refractivity contribution >= 4 is 17.5 Å². The maximum atomic E-state index is 12.8. The molecule has 1 amide bonds. The molecule has 1 heterocycles. The fraction of sp³-hybridized carbons (Fsp3) is 0.190. The maximum absolute atomic E-state index is 12.8. The number of benzene rings is 2. The zero-order valence-corrected chi connectivity index (χ0v) is 15.2. The molecule has 3 aromatic rings. The summed E-state index contributed by atoms with van der Waals surface area (Å²) < 4.78 is 0. The predicted molar refractivity (Wildman–Crippen MR) is 104 cm³/mol. The quantitative estimate of drug-likeness (QED) is 0.722. The van der Waals surface area contributed by atoms with E-state index in [1.807, 2.05) is 75.4 Å². The Bertz CT molecular complexity index is 889. The first-order chi connectivity index (χ1) is 12.5. The Morgan fingerprint density at radius 2 is 1.54 bits per heavy atom. The van der Waals surface area contributed by atoms with Gasteiger partial charge in [-0.15, -0.1) is 0 Å². The molecule has 0 bridgehead atoms. The molecule has 1 aromatic heterocycles. The Morgan fingerprint density at radius 1 is 0.923 bits per heavy atom. The van der Waals surface area contributed by atoms with Crippen LogP contribution in [-0.2, 0) is 0 Å². The van der Waals surface area contributed by atoms with Gasteiger partial charge in [0.25, 0.3) is 5.91 Å². The number of anilines is 2. The zero-order valence-electron chi connectivity index (χ0n) is 15.2. The fourth-order valence-corrected chi connectivity index (χ4v) is 2.79. The molecule has 0 aliphatic rings. The average Bonchev–Trinajstić information content (AvgIpc) is 2.62. The number of carbonyl (C=O) groups excluding carboxylic acids is 1. The van der Waals surface area contributed by atoms with Crippen LogP contribution in [0.2, 0.25) is 0 Å². The van der Waals surface area contributed by atoms with Crippen LogP contribution in [-0.4, -0.2) is 15.9 Å². The van der Waals surface area contributed by atoms with Crippen molar-refractivity contribution in [2.24, 2.45) is 0 Å². The molecular weight excluding hydrogens is 324 g/mol. The van der Waals surface area contributed by atoms with Crippen molar-refractivity contribution in [2.45, 2.75) is 26.8 Å². The number of hydrogen-bond donors (Lipinski definition) is 2. The lowest BCUT2D eigenvalue weighted by Gasteiger charge is -2.16. The second-order valence-electron chi connectivity index (χ2n) is 6.25. The molecule has 132 valence electrons. The first-order valence-electron chi connectivity index (χ1n) is 8.57. The van der Waals surface area contributed by atoms with E-state index >= 15 is 0 Å². The normalized spacial score (nSPS) is 11.7. The number of aryl methyl sites for hydroxylation is 2. The van der Waals surface area contributed by atoms with Crippen LogP contribution in [0.5, 0.6) is 0 Å². The highest BCUT2D eigenvalue weighted by molar-refractivity contribution is 6.00. The van der Waals surface area contributed by atoms with Crippen LogP contribution < -0.4 is 10.6 Å². The second-order valence-corrected chi connectivity index (χ2v) is 6.25. The third-order valence-electron chi connectivity index (χ3n) is 4.05. The van der Waals surface area contributed by atoms with Crippen molar-refractivity contribution in [3.05, 3.63) is 83.2 Å². The molecule has 0 fully saturated rings. The lowest BCUT2D eigenvalue weighted by Crippen LogP contribution is -2.27. The Kier molecular flexibility index (Phi) is 5.27. The number of rotatable bonds is 5.